The smallest absolute Gasteiger partial charge is 0.328 e. The van der Waals surface area contributed by atoms with Crippen LogP contribution in [0.5, 0.6) is 0 Å². The van der Waals surface area contributed by atoms with Crippen molar-refractivity contribution in [3.63, 3.8) is 0 Å². The monoisotopic (exact) mass is 250 g/mol. The molecule has 1 N–H and O–H groups in total. The predicted molar refractivity (Wildman–Crippen MR) is 68.2 cm³/mol. The number of hydrogen-bond acceptors (Lipinski definition) is 2. The molecular weight excluding hydrogens is 228 g/mol. The molecule has 0 radical (unpaired) electrons. The fourth-order valence-corrected chi connectivity index (χ4v) is 4.73. The number of rotatable bonds is 4. The fourth-order valence-electron chi connectivity index (χ4n) is 4.73. The number of aliphatic carboxylic acids is 1. The van der Waals surface area contributed by atoms with Crippen molar-refractivity contribution >= 4 is 5.97 Å². The number of hydrogen-bond donors (Lipinski definition) is 1. The molecule has 4 saturated carbocycles. The van der Waals surface area contributed by atoms with Crippen molar-refractivity contribution in [3.8, 4) is 0 Å². The average Bonchev–Trinajstić information content (AvgIpc) is 2.23. The number of ether oxygens (including phenoxy) is 1. The summed E-state index contributed by atoms with van der Waals surface area (Å²) in [6, 6.07) is 0. The first-order valence-corrected chi connectivity index (χ1v) is 7.09. The minimum absolute atomic E-state index is 0.0857. The molecule has 0 atom stereocenters. The third-order valence-corrected chi connectivity index (χ3v) is 4.96. The molecule has 18 heavy (non-hydrogen) atoms. The lowest BCUT2D eigenvalue weighted by atomic mass is 9.54. The largest absolute Gasteiger partial charge is 0.478 e. The maximum atomic E-state index is 10.6. The molecule has 4 fully saturated rings. The second kappa shape index (κ2) is 4.37. The van der Waals surface area contributed by atoms with E-state index < -0.39 is 5.97 Å². The molecule has 3 nitrogen and oxygen atoms in total. The standard InChI is InChI=1S/C15H22O3/c1-10(2-14(16)17)9-18-15-6-11-3-12(7-15)5-13(4-11)8-15/h2,11-13H,3-9H2,1H3,(H,16,17)/b10-2+. The summed E-state index contributed by atoms with van der Waals surface area (Å²) in [5.41, 5.74) is 0.903. The Morgan fingerprint density at radius 2 is 1.72 bits per heavy atom. The second-order valence-electron chi connectivity index (χ2n) is 6.72. The van der Waals surface area contributed by atoms with Crippen LogP contribution in [0, 0.1) is 17.8 Å². The summed E-state index contributed by atoms with van der Waals surface area (Å²) < 4.78 is 6.17. The molecule has 0 aromatic carbocycles. The van der Waals surface area contributed by atoms with Gasteiger partial charge in [-0.15, -0.1) is 0 Å². The van der Waals surface area contributed by atoms with E-state index in [4.69, 9.17) is 9.84 Å². The molecule has 100 valence electrons. The summed E-state index contributed by atoms with van der Waals surface area (Å²) in [4.78, 5) is 10.6. The zero-order valence-corrected chi connectivity index (χ0v) is 11.0. The highest BCUT2D eigenvalue weighted by Gasteiger charge is 2.51. The highest BCUT2D eigenvalue weighted by atomic mass is 16.5. The van der Waals surface area contributed by atoms with E-state index >= 15 is 0 Å². The Morgan fingerprint density at radius 3 is 2.17 bits per heavy atom. The van der Waals surface area contributed by atoms with Gasteiger partial charge in [-0.25, -0.2) is 4.79 Å². The van der Waals surface area contributed by atoms with Crippen LogP contribution in [0.1, 0.15) is 45.4 Å². The molecule has 0 aromatic heterocycles. The van der Waals surface area contributed by atoms with E-state index in [0.717, 1.165) is 23.3 Å². The SMILES string of the molecule is C/C(=C\C(=O)O)COC12CC3CC(CC(C3)C1)C2. The molecule has 4 rings (SSSR count). The Balaban J connectivity index is 1.64. The van der Waals surface area contributed by atoms with Crippen molar-refractivity contribution in [2.45, 2.75) is 51.0 Å². The van der Waals surface area contributed by atoms with Gasteiger partial charge in [-0.1, -0.05) is 0 Å². The number of carboxylic acids is 1. The van der Waals surface area contributed by atoms with Gasteiger partial charge in [0.2, 0.25) is 0 Å². The molecule has 0 spiro atoms. The first-order chi connectivity index (χ1) is 8.55. The van der Waals surface area contributed by atoms with Gasteiger partial charge in [0.15, 0.2) is 0 Å². The van der Waals surface area contributed by atoms with Crippen LogP contribution in [0.15, 0.2) is 11.6 Å². The Bertz CT molecular complexity index is 348. The summed E-state index contributed by atoms with van der Waals surface area (Å²) in [7, 11) is 0. The minimum Gasteiger partial charge on any atom is -0.478 e. The van der Waals surface area contributed by atoms with Crippen LogP contribution in [-0.4, -0.2) is 23.3 Å². The lowest BCUT2D eigenvalue weighted by molar-refractivity contribution is -0.157. The third-order valence-electron chi connectivity index (χ3n) is 4.96. The lowest BCUT2D eigenvalue weighted by Crippen LogP contribution is -2.52. The Hall–Kier alpha value is -0.830. The van der Waals surface area contributed by atoms with Crippen LogP contribution in [-0.2, 0) is 9.53 Å². The van der Waals surface area contributed by atoms with Crippen LogP contribution in [0.4, 0.5) is 0 Å². The van der Waals surface area contributed by atoms with E-state index in [1.54, 1.807) is 0 Å². The number of carbonyl (C=O) groups is 1. The second-order valence-corrected chi connectivity index (χ2v) is 6.72. The van der Waals surface area contributed by atoms with Crippen LogP contribution >= 0.6 is 0 Å². The van der Waals surface area contributed by atoms with Crippen LogP contribution < -0.4 is 0 Å². The molecule has 0 aliphatic heterocycles. The van der Waals surface area contributed by atoms with Gasteiger partial charge in [0.05, 0.1) is 12.2 Å². The van der Waals surface area contributed by atoms with Crippen molar-refractivity contribution in [3.05, 3.63) is 11.6 Å². The highest BCUT2D eigenvalue weighted by molar-refractivity contribution is 5.80. The predicted octanol–water partition coefficient (Wildman–Crippen LogP) is 3.00. The molecule has 4 aliphatic rings. The van der Waals surface area contributed by atoms with Gasteiger partial charge in [-0.05, 0) is 68.8 Å². The quantitative estimate of drug-likeness (QED) is 0.780. The first-order valence-electron chi connectivity index (χ1n) is 7.09. The third kappa shape index (κ3) is 2.33. The molecule has 3 heteroatoms. The van der Waals surface area contributed by atoms with Gasteiger partial charge in [0, 0.05) is 6.08 Å². The zero-order valence-electron chi connectivity index (χ0n) is 11.0. The van der Waals surface area contributed by atoms with Crippen LogP contribution in [0.25, 0.3) is 0 Å². The van der Waals surface area contributed by atoms with E-state index in [2.05, 4.69) is 0 Å². The summed E-state index contributed by atoms with van der Waals surface area (Å²) in [6.45, 7) is 2.33. The molecule has 0 heterocycles. The molecule has 0 saturated heterocycles. The first kappa shape index (κ1) is 12.2. The van der Waals surface area contributed by atoms with Gasteiger partial charge in [-0.3, -0.25) is 0 Å². The molecule has 4 aliphatic carbocycles. The molecular formula is C15H22O3. The van der Waals surface area contributed by atoms with Gasteiger partial charge >= 0.3 is 5.97 Å². The van der Waals surface area contributed by atoms with E-state index in [1.165, 1.54) is 44.6 Å². The maximum Gasteiger partial charge on any atom is 0.328 e. The van der Waals surface area contributed by atoms with E-state index in [-0.39, 0.29) is 5.60 Å². The summed E-state index contributed by atoms with van der Waals surface area (Å²) >= 11 is 0. The van der Waals surface area contributed by atoms with Gasteiger partial charge in [0.1, 0.15) is 0 Å². The van der Waals surface area contributed by atoms with Crippen molar-refractivity contribution < 1.29 is 14.6 Å². The summed E-state index contributed by atoms with van der Waals surface area (Å²) in [5.74, 6) is 1.75. The number of carboxylic acid groups (broad SMARTS) is 1. The Kier molecular flexibility index (Phi) is 2.97. The molecule has 0 amide bonds. The van der Waals surface area contributed by atoms with Crippen molar-refractivity contribution in [1.29, 1.82) is 0 Å². The minimum atomic E-state index is -0.874. The highest BCUT2D eigenvalue weighted by Crippen LogP contribution is 2.57. The Labute approximate surface area is 108 Å². The molecule has 4 bridgehead atoms. The normalized spacial score (nSPS) is 42.3. The van der Waals surface area contributed by atoms with Crippen LogP contribution in [0.3, 0.4) is 0 Å². The van der Waals surface area contributed by atoms with Crippen molar-refractivity contribution in [1.82, 2.24) is 0 Å². The Morgan fingerprint density at radius 1 is 1.22 bits per heavy atom. The molecule has 0 unspecified atom stereocenters. The van der Waals surface area contributed by atoms with Gasteiger partial charge < -0.3 is 9.84 Å². The van der Waals surface area contributed by atoms with Crippen molar-refractivity contribution in [2.24, 2.45) is 17.8 Å². The van der Waals surface area contributed by atoms with E-state index in [9.17, 15) is 4.79 Å². The van der Waals surface area contributed by atoms with Gasteiger partial charge in [-0.2, -0.15) is 0 Å². The van der Waals surface area contributed by atoms with Gasteiger partial charge in [0.25, 0.3) is 0 Å². The van der Waals surface area contributed by atoms with Crippen molar-refractivity contribution in [2.75, 3.05) is 6.61 Å². The summed E-state index contributed by atoms with van der Waals surface area (Å²) in [5, 5.41) is 8.71. The van der Waals surface area contributed by atoms with E-state index in [0.29, 0.717) is 6.61 Å². The molecule has 0 aromatic rings. The summed E-state index contributed by atoms with van der Waals surface area (Å²) in [6.07, 6.45) is 9.12. The van der Waals surface area contributed by atoms with E-state index in [1.807, 2.05) is 6.92 Å². The fraction of sp³-hybridized carbons (Fsp3) is 0.800. The van der Waals surface area contributed by atoms with Crippen LogP contribution in [0.2, 0.25) is 0 Å². The zero-order chi connectivity index (χ0) is 12.8. The average molecular weight is 250 g/mol. The topological polar surface area (TPSA) is 46.5 Å². The lowest BCUT2D eigenvalue weighted by Gasteiger charge is -2.56. The maximum absolute atomic E-state index is 10.6.